The average molecular weight is 345 g/mol. The number of carbonyl (C=O) groups is 1. The molecule has 3 heterocycles. The quantitative estimate of drug-likeness (QED) is 0.818. The summed E-state index contributed by atoms with van der Waals surface area (Å²) in [5.41, 5.74) is 0.260. The number of hydrogen-bond donors (Lipinski definition) is 0. The largest absolute Gasteiger partial charge is 0.381 e. The first kappa shape index (κ1) is 16.9. The molecule has 136 valence electrons. The normalized spacial score (nSPS) is 25.9. The van der Waals surface area contributed by atoms with Crippen molar-refractivity contribution in [3.8, 4) is 0 Å². The molecule has 4 rings (SSSR count). The molecule has 1 aliphatic carbocycles. The minimum Gasteiger partial charge on any atom is -0.381 e. The molecule has 0 radical (unpaired) electrons. The third-order valence-corrected chi connectivity index (χ3v) is 6.10. The van der Waals surface area contributed by atoms with Crippen molar-refractivity contribution in [3.05, 3.63) is 24.3 Å². The van der Waals surface area contributed by atoms with Gasteiger partial charge in [0.1, 0.15) is 0 Å². The van der Waals surface area contributed by atoms with Crippen LogP contribution in [0, 0.1) is 17.3 Å². The summed E-state index contributed by atoms with van der Waals surface area (Å²) in [5, 5.41) is 0. The fourth-order valence-corrected chi connectivity index (χ4v) is 4.13. The average Bonchev–Trinajstić information content (AvgIpc) is 3.49. The van der Waals surface area contributed by atoms with Gasteiger partial charge in [0, 0.05) is 44.6 Å². The van der Waals surface area contributed by atoms with Crippen LogP contribution in [0.25, 0.3) is 0 Å². The van der Waals surface area contributed by atoms with E-state index in [-0.39, 0.29) is 11.3 Å². The summed E-state index contributed by atoms with van der Waals surface area (Å²) >= 11 is 0. The van der Waals surface area contributed by atoms with Crippen molar-refractivity contribution >= 4 is 5.91 Å². The van der Waals surface area contributed by atoms with Gasteiger partial charge in [0.2, 0.25) is 5.82 Å². The number of carbonyl (C=O) groups excluding carboxylic acids is 1. The number of aromatic nitrogens is 2. The van der Waals surface area contributed by atoms with E-state index in [0.29, 0.717) is 11.7 Å². The molecule has 1 unspecified atom stereocenters. The molecule has 2 saturated heterocycles. The van der Waals surface area contributed by atoms with Crippen molar-refractivity contribution in [2.75, 3.05) is 39.5 Å². The molecule has 1 aromatic heterocycles. The number of amides is 1. The standard InChI is InChI=1S/C19H27N3O3/c23-18(17-20-7-1-8-21-17)22-9-4-19(5-10-22)6-11-24-13-16(19)14-25-12-15-2-3-15/h1,7-8,15-16H,2-6,9-14H2. The van der Waals surface area contributed by atoms with E-state index in [0.717, 1.165) is 64.7 Å². The van der Waals surface area contributed by atoms with Crippen molar-refractivity contribution in [3.63, 3.8) is 0 Å². The predicted molar refractivity (Wildman–Crippen MR) is 92.1 cm³/mol. The molecule has 25 heavy (non-hydrogen) atoms. The molecule has 0 aromatic carbocycles. The van der Waals surface area contributed by atoms with Gasteiger partial charge >= 0.3 is 0 Å². The summed E-state index contributed by atoms with van der Waals surface area (Å²) in [6, 6.07) is 1.73. The van der Waals surface area contributed by atoms with E-state index in [4.69, 9.17) is 9.47 Å². The third kappa shape index (κ3) is 3.85. The van der Waals surface area contributed by atoms with Gasteiger partial charge in [-0.1, -0.05) is 0 Å². The molecule has 1 saturated carbocycles. The molecule has 0 bridgehead atoms. The van der Waals surface area contributed by atoms with E-state index in [1.54, 1.807) is 18.5 Å². The molecule has 1 spiro atoms. The number of nitrogens with zero attached hydrogens (tertiary/aromatic N) is 3. The van der Waals surface area contributed by atoms with E-state index < -0.39 is 0 Å². The zero-order valence-corrected chi connectivity index (χ0v) is 14.7. The summed E-state index contributed by atoms with van der Waals surface area (Å²) in [7, 11) is 0. The highest BCUT2D eigenvalue weighted by molar-refractivity contribution is 5.90. The summed E-state index contributed by atoms with van der Waals surface area (Å²) in [6.07, 6.45) is 9.01. The maximum atomic E-state index is 12.6. The van der Waals surface area contributed by atoms with Crippen LogP contribution in [-0.4, -0.2) is 60.3 Å². The molecule has 2 aliphatic heterocycles. The van der Waals surface area contributed by atoms with Gasteiger partial charge in [-0.2, -0.15) is 0 Å². The molecule has 6 heteroatoms. The van der Waals surface area contributed by atoms with Crippen molar-refractivity contribution in [2.45, 2.75) is 32.1 Å². The van der Waals surface area contributed by atoms with Gasteiger partial charge in [0.15, 0.2) is 0 Å². The Morgan fingerprint density at radius 2 is 1.96 bits per heavy atom. The lowest BCUT2D eigenvalue weighted by atomic mass is 9.66. The minimum absolute atomic E-state index is 0.0518. The summed E-state index contributed by atoms with van der Waals surface area (Å²) in [5.74, 6) is 1.50. The molecule has 1 aromatic rings. The Labute approximate surface area is 148 Å². The highest BCUT2D eigenvalue weighted by Crippen LogP contribution is 2.45. The molecule has 3 fully saturated rings. The zero-order valence-electron chi connectivity index (χ0n) is 14.7. The maximum absolute atomic E-state index is 12.6. The molecule has 6 nitrogen and oxygen atoms in total. The van der Waals surface area contributed by atoms with Gasteiger partial charge in [-0.25, -0.2) is 9.97 Å². The molecule has 0 N–H and O–H groups in total. The van der Waals surface area contributed by atoms with Crippen molar-refractivity contribution < 1.29 is 14.3 Å². The van der Waals surface area contributed by atoms with Crippen LogP contribution >= 0.6 is 0 Å². The van der Waals surface area contributed by atoms with E-state index in [9.17, 15) is 4.79 Å². The SMILES string of the molecule is O=C(c1ncccn1)N1CCC2(CCOCC2COCC2CC2)CC1. The second-order valence-corrected chi connectivity index (χ2v) is 7.73. The molecular formula is C19H27N3O3. The lowest BCUT2D eigenvalue weighted by Gasteiger charge is -2.48. The Balaban J connectivity index is 1.35. The predicted octanol–water partition coefficient (Wildman–Crippen LogP) is 2.16. The van der Waals surface area contributed by atoms with Crippen LogP contribution in [0.2, 0.25) is 0 Å². The highest BCUT2D eigenvalue weighted by atomic mass is 16.5. The van der Waals surface area contributed by atoms with Gasteiger partial charge in [0.25, 0.3) is 5.91 Å². The fourth-order valence-electron chi connectivity index (χ4n) is 4.13. The Morgan fingerprint density at radius 1 is 1.20 bits per heavy atom. The van der Waals surface area contributed by atoms with Gasteiger partial charge < -0.3 is 14.4 Å². The van der Waals surface area contributed by atoms with E-state index >= 15 is 0 Å². The van der Waals surface area contributed by atoms with Crippen LogP contribution in [0.1, 0.15) is 42.7 Å². The van der Waals surface area contributed by atoms with Crippen LogP contribution in [0.3, 0.4) is 0 Å². The Morgan fingerprint density at radius 3 is 2.68 bits per heavy atom. The highest BCUT2D eigenvalue weighted by Gasteiger charge is 2.44. The number of piperidine rings is 1. The first-order valence-corrected chi connectivity index (χ1v) is 9.49. The van der Waals surface area contributed by atoms with Gasteiger partial charge in [-0.15, -0.1) is 0 Å². The minimum atomic E-state index is -0.0518. The molecule has 1 amide bonds. The van der Waals surface area contributed by atoms with Gasteiger partial charge in [0.05, 0.1) is 13.2 Å². The topological polar surface area (TPSA) is 64.6 Å². The van der Waals surface area contributed by atoms with Crippen LogP contribution in [-0.2, 0) is 9.47 Å². The Hall–Kier alpha value is -1.53. The second-order valence-electron chi connectivity index (χ2n) is 7.73. The van der Waals surface area contributed by atoms with Crippen molar-refractivity contribution in [2.24, 2.45) is 17.3 Å². The Bertz CT molecular complexity index is 583. The lowest BCUT2D eigenvalue weighted by molar-refractivity contribution is -0.0976. The van der Waals surface area contributed by atoms with E-state index in [2.05, 4.69) is 9.97 Å². The van der Waals surface area contributed by atoms with Gasteiger partial charge in [-0.05, 0) is 49.5 Å². The summed E-state index contributed by atoms with van der Waals surface area (Å²) in [4.78, 5) is 22.6. The van der Waals surface area contributed by atoms with Crippen molar-refractivity contribution in [1.29, 1.82) is 0 Å². The smallest absolute Gasteiger partial charge is 0.291 e. The van der Waals surface area contributed by atoms with Crippen LogP contribution in [0.5, 0.6) is 0 Å². The summed E-state index contributed by atoms with van der Waals surface area (Å²) in [6.45, 7) is 4.87. The summed E-state index contributed by atoms with van der Waals surface area (Å²) < 4.78 is 11.7. The van der Waals surface area contributed by atoms with Crippen molar-refractivity contribution in [1.82, 2.24) is 14.9 Å². The van der Waals surface area contributed by atoms with Crippen LogP contribution < -0.4 is 0 Å². The maximum Gasteiger partial charge on any atom is 0.291 e. The second kappa shape index (κ2) is 7.38. The number of likely N-dealkylation sites (tertiary alicyclic amines) is 1. The van der Waals surface area contributed by atoms with E-state index in [1.165, 1.54) is 12.8 Å². The lowest BCUT2D eigenvalue weighted by Crippen LogP contribution is -2.50. The van der Waals surface area contributed by atoms with Gasteiger partial charge in [-0.3, -0.25) is 4.79 Å². The fraction of sp³-hybridized carbons (Fsp3) is 0.737. The molecule has 3 aliphatic rings. The number of ether oxygens (including phenoxy) is 2. The Kier molecular flexibility index (Phi) is 4.99. The van der Waals surface area contributed by atoms with E-state index in [1.807, 2.05) is 4.90 Å². The molecular weight excluding hydrogens is 318 g/mol. The first-order valence-electron chi connectivity index (χ1n) is 9.49. The molecule has 1 atom stereocenters. The number of rotatable bonds is 5. The first-order chi connectivity index (χ1) is 12.3. The third-order valence-electron chi connectivity index (χ3n) is 6.10. The number of hydrogen-bond acceptors (Lipinski definition) is 5. The monoisotopic (exact) mass is 345 g/mol. The van der Waals surface area contributed by atoms with Crippen LogP contribution in [0.4, 0.5) is 0 Å². The van der Waals surface area contributed by atoms with Crippen LogP contribution in [0.15, 0.2) is 18.5 Å². The zero-order chi connectivity index (χ0) is 17.1.